The van der Waals surface area contributed by atoms with Crippen molar-refractivity contribution in [2.75, 3.05) is 44.2 Å². The molecule has 31 heavy (non-hydrogen) atoms. The highest BCUT2D eigenvalue weighted by molar-refractivity contribution is 6.09. The van der Waals surface area contributed by atoms with E-state index in [-0.39, 0.29) is 17.4 Å². The quantitative estimate of drug-likeness (QED) is 0.288. The van der Waals surface area contributed by atoms with E-state index in [0.717, 1.165) is 12.8 Å². The zero-order valence-electron chi connectivity index (χ0n) is 17.8. The Balaban J connectivity index is 1.66. The third kappa shape index (κ3) is 5.88. The lowest BCUT2D eigenvalue weighted by Gasteiger charge is -2.35. The largest absolute Gasteiger partial charge is 0.363 e. The van der Waals surface area contributed by atoms with E-state index in [0.29, 0.717) is 56.1 Å². The number of nitrogens with one attached hydrogen (secondary N) is 1. The van der Waals surface area contributed by atoms with Crippen LogP contribution in [0.1, 0.15) is 35.7 Å². The van der Waals surface area contributed by atoms with Crippen LogP contribution in [0.4, 0.5) is 11.4 Å². The van der Waals surface area contributed by atoms with Gasteiger partial charge in [-0.2, -0.15) is 0 Å². The van der Waals surface area contributed by atoms with Crippen LogP contribution in [0.5, 0.6) is 0 Å². The molecule has 1 aliphatic rings. The number of benzene rings is 2. The molecule has 1 fully saturated rings. The molecule has 0 aliphatic carbocycles. The molecule has 2 aromatic carbocycles. The first kappa shape index (κ1) is 22.4. The number of carbonyl (C=O) groups is 2. The van der Waals surface area contributed by atoms with E-state index in [1.165, 1.54) is 6.07 Å². The zero-order chi connectivity index (χ0) is 22.2. The van der Waals surface area contributed by atoms with Crippen LogP contribution in [0.15, 0.2) is 48.5 Å². The number of rotatable bonds is 9. The number of hydrogen-bond acceptors (Lipinski definition) is 6. The maximum Gasteiger partial charge on any atom is 0.293 e. The summed E-state index contributed by atoms with van der Waals surface area (Å²) in [5, 5.41) is 14.6. The zero-order valence-corrected chi connectivity index (χ0v) is 17.8. The van der Waals surface area contributed by atoms with E-state index < -0.39 is 4.92 Å². The predicted molar refractivity (Wildman–Crippen MR) is 120 cm³/mol. The van der Waals surface area contributed by atoms with Crippen molar-refractivity contribution in [3.8, 4) is 0 Å². The Morgan fingerprint density at radius 2 is 1.74 bits per heavy atom. The fourth-order valence-electron chi connectivity index (χ4n) is 3.64. The van der Waals surface area contributed by atoms with Crippen molar-refractivity contribution in [3.63, 3.8) is 0 Å². The summed E-state index contributed by atoms with van der Waals surface area (Å²) in [7, 11) is 0. The van der Waals surface area contributed by atoms with Crippen molar-refractivity contribution in [2.45, 2.75) is 19.8 Å². The Labute approximate surface area is 182 Å². The van der Waals surface area contributed by atoms with Gasteiger partial charge >= 0.3 is 0 Å². The molecule has 1 heterocycles. The Morgan fingerprint density at radius 3 is 2.39 bits per heavy atom. The van der Waals surface area contributed by atoms with Gasteiger partial charge < -0.3 is 10.2 Å². The number of unbranched alkanes of at least 4 members (excludes halogenated alkanes) is 1. The van der Waals surface area contributed by atoms with Gasteiger partial charge in [0.25, 0.3) is 5.69 Å². The van der Waals surface area contributed by atoms with Gasteiger partial charge in [0.1, 0.15) is 5.69 Å². The molecule has 0 saturated carbocycles. The van der Waals surface area contributed by atoms with Crippen molar-refractivity contribution < 1.29 is 14.5 Å². The number of ketones is 1. The molecule has 3 rings (SSSR count). The second-order valence-electron chi connectivity index (χ2n) is 7.62. The molecule has 8 nitrogen and oxygen atoms in total. The highest BCUT2D eigenvalue weighted by atomic mass is 16.6. The summed E-state index contributed by atoms with van der Waals surface area (Å²) in [5.41, 5.74) is 1.22. The smallest absolute Gasteiger partial charge is 0.293 e. The lowest BCUT2D eigenvalue weighted by Crippen LogP contribution is -2.49. The minimum Gasteiger partial charge on any atom is -0.363 e. The summed E-state index contributed by atoms with van der Waals surface area (Å²) in [6.45, 7) is 5.55. The minimum absolute atomic E-state index is 0.0108. The van der Waals surface area contributed by atoms with Crippen LogP contribution >= 0.6 is 0 Å². The second kappa shape index (κ2) is 10.7. The molecular weight excluding hydrogens is 396 g/mol. The molecule has 0 bridgehead atoms. The predicted octanol–water partition coefficient (Wildman–Crippen LogP) is 2.86. The number of anilines is 1. The van der Waals surface area contributed by atoms with Crippen LogP contribution in [-0.2, 0) is 4.79 Å². The number of nitrogens with zero attached hydrogens (tertiary/aromatic N) is 3. The lowest BCUT2D eigenvalue weighted by atomic mass is 10.0. The summed E-state index contributed by atoms with van der Waals surface area (Å²) in [5.74, 6) is -0.231. The van der Waals surface area contributed by atoms with Gasteiger partial charge in [0.2, 0.25) is 5.91 Å². The molecule has 8 heteroatoms. The molecule has 0 radical (unpaired) electrons. The average molecular weight is 425 g/mol. The number of nitro groups is 1. The summed E-state index contributed by atoms with van der Waals surface area (Å²) >= 11 is 0. The van der Waals surface area contributed by atoms with Gasteiger partial charge in [0.05, 0.1) is 11.5 Å². The Bertz CT molecular complexity index is 924. The summed E-state index contributed by atoms with van der Waals surface area (Å²) in [6.07, 6.45) is 2.00. The molecule has 0 aromatic heterocycles. The van der Waals surface area contributed by atoms with Gasteiger partial charge in [-0.1, -0.05) is 43.7 Å². The SMILES string of the molecule is CCCCNC(=O)CN1CCN(c2ccc(C(=O)c3ccccc3)cc2[N+](=O)[O-])CC1. The van der Waals surface area contributed by atoms with Crippen LogP contribution in [-0.4, -0.2) is 60.8 Å². The Morgan fingerprint density at radius 1 is 1.03 bits per heavy atom. The van der Waals surface area contributed by atoms with E-state index >= 15 is 0 Å². The number of amides is 1. The molecule has 1 amide bonds. The third-order valence-electron chi connectivity index (χ3n) is 5.40. The number of nitro benzene ring substituents is 1. The van der Waals surface area contributed by atoms with Crippen LogP contribution in [0.3, 0.4) is 0 Å². The van der Waals surface area contributed by atoms with Crippen LogP contribution in [0, 0.1) is 10.1 Å². The van der Waals surface area contributed by atoms with Crippen molar-refractivity contribution >= 4 is 23.1 Å². The summed E-state index contributed by atoms with van der Waals surface area (Å²) < 4.78 is 0. The van der Waals surface area contributed by atoms with E-state index in [1.807, 2.05) is 11.0 Å². The first-order valence-corrected chi connectivity index (χ1v) is 10.6. The fraction of sp³-hybridized carbons (Fsp3) is 0.391. The van der Waals surface area contributed by atoms with E-state index in [9.17, 15) is 19.7 Å². The van der Waals surface area contributed by atoms with Gasteiger partial charge in [-0.25, -0.2) is 0 Å². The number of piperazine rings is 1. The van der Waals surface area contributed by atoms with Crippen LogP contribution in [0.2, 0.25) is 0 Å². The molecular formula is C23H28N4O4. The van der Waals surface area contributed by atoms with E-state index in [4.69, 9.17) is 0 Å². The van der Waals surface area contributed by atoms with Gasteiger partial charge in [0, 0.05) is 49.9 Å². The first-order chi connectivity index (χ1) is 15.0. The maximum absolute atomic E-state index is 12.7. The second-order valence-corrected chi connectivity index (χ2v) is 7.62. The average Bonchev–Trinajstić information content (AvgIpc) is 2.79. The molecule has 1 saturated heterocycles. The molecule has 0 atom stereocenters. The first-order valence-electron chi connectivity index (χ1n) is 10.6. The lowest BCUT2D eigenvalue weighted by molar-refractivity contribution is -0.384. The standard InChI is InChI=1S/C23H28N4O4/c1-2-3-11-24-22(28)17-25-12-14-26(15-13-25)20-10-9-19(16-21(20)27(30)31)23(29)18-7-5-4-6-8-18/h4-10,16H,2-3,11-15,17H2,1H3,(H,24,28). The Kier molecular flexibility index (Phi) is 7.72. The molecule has 2 aromatic rings. The molecule has 164 valence electrons. The maximum atomic E-state index is 12.7. The van der Waals surface area contributed by atoms with Gasteiger partial charge in [0.15, 0.2) is 5.78 Å². The fourth-order valence-corrected chi connectivity index (χ4v) is 3.64. The normalized spacial score (nSPS) is 14.3. The molecule has 1 aliphatic heterocycles. The number of carbonyl (C=O) groups excluding carboxylic acids is 2. The highest BCUT2D eigenvalue weighted by Crippen LogP contribution is 2.31. The van der Waals surface area contributed by atoms with E-state index in [2.05, 4.69) is 17.1 Å². The third-order valence-corrected chi connectivity index (χ3v) is 5.40. The van der Waals surface area contributed by atoms with Gasteiger partial charge in [-0.05, 0) is 18.6 Å². The summed E-state index contributed by atoms with van der Waals surface area (Å²) in [6, 6.07) is 13.4. The van der Waals surface area contributed by atoms with Gasteiger partial charge in [-0.15, -0.1) is 0 Å². The van der Waals surface area contributed by atoms with Crippen LogP contribution in [0.25, 0.3) is 0 Å². The van der Waals surface area contributed by atoms with Crippen molar-refractivity contribution in [1.82, 2.24) is 10.2 Å². The summed E-state index contributed by atoms with van der Waals surface area (Å²) in [4.78, 5) is 40.0. The van der Waals surface area contributed by atoms with Crippen molar-refractivity contribution in [3.05, 3.63) is 69.8 Å². The van der Waals surface area contributed by atoms with E-state index in [1.54, 1.807) is 36.4 Å². The molecule has 0 unspecified atom stereocenters. The minimum atomic E-state index is -0.440. The van der Waals surface area contributed by atoms with Crippen LogP contribution < -0.4 is 10.2 Å². The monoisotopic (exact) mass is 424 g/mol. The highest BCUT2D eigenvalue weighted by Gasteiger charge is 2.26. The van der Waals surface area contributed by atoms with Crippen molar-refractivity contribution in [2.24, 2.45) is 0 Å². The van der Waals surface area contributed by atoms with Gasteiger partial charge in [-0.3, -0.25) is 24.6 Å². The number of hydrogen-bond donors (Lipinski definition) is 1. The molecule has 1 N–H and O–H groups in total. The van der Waals surface area contributed by atoms with Crippen molar-refractivity contribution in [1.29, 1.82) is 0 Å². The molecule has 0 spiro atoms. The Hall–Kier alpha value is -3.26. The topological polar surface area (TPSA) is 95.8 Å².